The number of anilines is 1. The van der Waals surface area contributed by atoms with Crippen molar-refractivity contribution in [3.63, 3.8) is 0 Å². The van der Waals surface area contributed by atoms with E-state index >= 15 is 0 Å². The number of nitrogens with zero attached hydrogens (tertiary/aromatic N) is 4. The quantitative estimate of drug-likeness (QED) is 0.831. The fraction of sp³-hybridized carbons (Fsp3) is 0.706. The first-order valence-corrected chi connectivity index (χ1v) is 8.82. The van der Waals surface area contributed by atoms with Crippen molar-refractivity contribution in [3.05, 3.63) is 18.1 Å². The molecule has 6 heteroatoms. The van der Waals surface area contributed by atoms with Crippen molar-refractivity contribution in [2.24, 2.45) is 0 Å². The minimum absolute atomic E-state index is 0.0366. The highest BCUT2D eigenvalue weighted by molar-refractivity contribution is 5.87. The lowest BCUT2D eigenvalue weighted by Gasteiger charge is -2.37. The molecule has 1 aromatic heterocycles. The van der Waals surface area contributed by atoms with Gasteiger partial charge in [-0.1, -0.05) is 0 Å². The minimum Gasteiger partial charge on any atom is -0.356 e. The summed E-state index contributed by atoms with van der Waals surface area (Å²) in [6, 6.07) is 1.99. The smallest absolute Gasteiger partial charge is 0.257 e. The van der Waals surface area contributed by atoms with Crippen molar-refractivity contribution in [1.82, 2.24) is 14.9 Å². The standard InChI is InChI=1S/C17H22N4O2/c22-16-17(23-14-2-1-9-21(14)16)6-10-20(11-7-17)13-5-8-18-15(19-13)12-3-4-12/h5,8,12,14H,1-4,6-7,9-11H2. The van der Waals surface area contributed by atoms with Crippen molar-refractivity contribution in [1.29, 1.82) is 0 Å². The topological polar surface area (TPSA) is 58.6 Å². The van der Waals surface area contributed by atoms with E-state index < -0.39 is 5.60 Å². The maximum absolute atomic E-state index is 12.7. The molecule has 1 aromatic rings. The van der Waals surface area contributed by atoms with Crippen LogP contribution in [-0.2, 0) is 9.53 Å². The Balaban J connectivity index is 1.31. The number of rotatable bonds is 2. The molecule has 1 saturated carbocycles. The SMILES string of the molecule is O=C1N2CCCC2OC12CCN(c1ccnc(C3CC3)n1)CC2. The van der Waals surface area contributed by atoms with Gasteiger partial charge < -0.3 is 14.5 Å². The second-order valence-corrected chi connectivity index (χ2v) is 7.24. The Morgan fingerprint density at radius 3 is 2.74 bits per heavy atom. The molecular formula is C17H22N4O2. The summed E-state index contributed by atoms with van der Waals surface area (Å²) >= 11 is 0. The van der Waals surface area contributed by atoms with Gasteiger partial charge in [0.1, 0.15) is 17.9 Å². The molecule has 4 fully saturated rings. The van der Waals surface area contributed by atoms with E-state index in [9.17, 15) is 4.79 Å². The van der Waals surface area contributed by atoms with Gasteiger partial charge in [-0.05, 0) is 31.7 Å². The number of aromatic nitrogens is 2. The number of ether oxygens (including phenoxy) is 1. The first-order valence-electron chi connectivity index (χ1n) is 8.82. The normalized spacial score (nSPS) is 29.4. The summed E-state index contributed by atoms with van der Waals surface area (Å²) in [5, 5.41) is 0. The van der Waals surface area contributed by atoms with Crippen molar-refractivity contribution in [2.75, 3.05) is 24.5 Å². The van der Waals surface area contributed by atoms with E-state index in [1.165, 1.54) is 12.8 Å². The Morgan fingerprint density at radius 1 is 1.17 bits per heavy atom. The van der Waals surface area contributed by atoms with Gasteiger partial charge in [0.15, 0.2) is 5.60 Å². The van der Waals surface area contributed by atoms with Crippen LogP contribution in [0.2, 0.25) is 0 Å². The molecule has 122 valence electrons. The maximum Gasteiger partial charge on any atom is 0.257 e. The predicted molar refractivity (Wildman–Crippen MR) is 84.0 cm³/mol. The number of amides is 1. The van der Waals surface area contributed by atoms with Gasteiger partial charge in [-0.15, -0.1) is 0 Å². The summed E-state index contributed by atoms with van der Waals surface area (Å²) < 4.78 is 6.20. The molecule has 0 radical (unpaired) electrons. The number of carbonyl (C=O) groups excluding carboxylic acids is 1. The lowest BCUT2D eigenvalue weighted by Crippen LogP contribution is -2.50. The lowest BCUT2D eigenvalue weighted by atomic mass is 9.90. The second-order valence-electron chi connectivity index (χ2n) is 7.24. The molecule has 1 atom stereocenters. The number of hydrogen-bond donors (Lipinski definition) is 0. The number of hydrogen-bond acceptors (Lipinski definition) is 5. The molecule has 0 bridgehead atoms. The third-order valence-corrected chi connectivity index (χ3v) is 5.71. The van der Waals surface area contributed by atoms with Crippen LogP contribution in [0.15, 0.2) is 12.3 Å². The molecule has 6 nitrogen and oxygen atoms in total. The largest absolute Gasteiger partial charge is 0.356 e. The third-order valence-electron chi connectivity index (χ3n) is 5.71. The molecule has 23 heavy (non-hydrogen) atoms. The third kappa shape index (κ3) is 2.15. The van der Waals surface area contributed by atoms with E-state index in [0.717, 1.165) is 57.0 Å². The molecule has 0 aromatic carbocycles. The monoisotopic (exact) mass is 314 g/mol. The van der Waals surface area contributed by atoms with Crippen LogP contribution in [0, 0.1) is 0 Å². The maximum atomic E-state index is 12.7. The van der Waals surface area contributed by atoms with E-state index in [1.54, 1.807) is 0 Å². The molecule has 5 rings (SSSR count). The summed E-state index contributed by atoms with van der Waals surface area (Å²) in [4.78, 5) is 26.1. The first kappa shape index (κ1) is 13.7. The first-order chi connectivity index (χ1) is 11.3. The Kier molecular flexibility index (Phi) is 2.92. The summed E-state index contributed by atoms with van der Waals surface area (Å²) in [5.41, 5.74) is -0.562. The molecule has 1 amide bonds. The van der Waals surface area contributed by atoms with Crippen LogP contribution in [0.5, 0.6) is 0 Å². The lowest BCUT2D eigenvalue weighted by molar-refractivity contribution is -0.139. The van der Waals surface area contributed by atoms with Gasteiger partial charge in [0.2, 0.25) is 0 Å². The van der Waals surface area contributed by atoms with E-state index in [2.05, 4.69) is 9.88 Å². The van der Waals surface area contributed by atoms with Gasteiger partial charge in [0, 0.05) is 44.6 Å². The summed E-state index contributed by atoms with van der Waals surface area (Å²) in [5.74, 6) is 2.78. The van der Waals surface area contributed by atoms with Crippen molar-refractivity contribution in [3.8, 4) is 0 Å². The van der Waals surface area contributed by atoms with Crippen LogP contribution in [0.4, 0.5) is 5.82 Å². The van der Waals surface area contributed by atoms with Gasteiger partial charge in [-0.2, -0.15) is 0 Å². The Hall–Kier alpha value is -1.69. The van der Waals surface area contributed by atoms with Gasteiger partial charge >= 0.3 is 0 Å². The van der Waals surface area contributed by atoms with Crippen molar-refractivity contribution in [2.45, 2.75) is 56.3 Å². The average Bonchev–Trinajstić information content (AvgIpc) is 3.29. The minimum atomic E-state index is -0.562. The molecule has 1 unspecified atom stereocenters. The van der Waals surface area contributed by atoms with Crippen LogP contribution in [0.1, 0.15) is 50.3 Å². The zero-order chi connectivity index (χ0) is 15.4. The molecular weight excluding hydrogens is 292 g/mol. The van der Waals surface area contributed by atoms with Gasteiger partial charge in [0.25, 0.3) is 5.91 Å². The highest BCUT2D eigenvalue weighted by Gasteiger charge is 2.55. The summed E-state index contributed by atoms with van der Waals surface area (Å²) in [7, 11) is 0. The van der Waals surface area contributed by atoms with Gasteiger partial charge in [-0.25, -0.2) is 9.97 Å². The fourth-order valence-electron chi connectivity index (χ4n) is 4.17. The molecule has 3 aliphatic heterocycles. The average molecular weight is 314 g/mol. The van der Waals surface area contributed by atoms with E-state index in [0.29, 0.717) is 5.92 Å². The summed E-state index contributed by atoms with van der Waals surface area (Å²) in [6.07, 6.45) is 7.93. The van der Waals surface area contributed by atoms with Crippen molar-refractivity contribution >= 4 is 11.7 Å². The molecule has 4 aliphatic rings. The second kappa shape index (κ2) is 4.90. The van der Waals surface area contributed by atoms with Crippen LogP contribution < -0.4 is 4.90 Å². The highest BCUT2D eigenvalue weighted by Crippen LogP contribution is 2.41. The molecule has 4 heterocycles. The van der Waals surface area contributed by atoms with Gasteiger partial charge in [-0.3, -0.25) is 4.79 Å². The van der Waals surface area contributed by atoms with Crippen molar-refractivity contribution < 1.29 is 9.53 Å². The van der Waals surface area contributed by atoms with Crippen LogP contribution >= 0.6 is 0 Å². The zero-order valence-electron chi connectivity index (χ0n) is 13.3. The van der Waals surface area contributed by atoms with Crippen LogP contribution in [0.25, 0.3) is 0 Å². The zero-order valence-corrected chi connectivity index (χ0v) is 13.3. The number of piperidine rings is 1. The Morgan fingerprint density at radius 2 is 2.00 bits per heavy atom. The van der Waals surface area contributed by atoms with Crippen LogP contribution in [0.3, 0.4) is 0 Å². The van der Waals surface area contributed by atoms with E-state index in [-0.39, 0.29) is 12.1 Å². The molecule has 3 saturated heterocycles. The predicted octanol–water partition coefficient (Wildman–Crippen LogP) is 1.67. The molecule has 1 aliphatic carbocycles. The number of carbonyl (C=O) groups is 1. The van der Waals surface area contributed by atoms with E-state index in [1.807, 2.05) is 17.2 Å². The highest BCUT2D eigenvalue weighted by atomic mass is 16.6. The fourth-order valence-corrected chi connectivity index (χ4v) is 4.17. The Bertz CT molecular complexity index is 637. The van der Waals surface area contributed by atoms with Crippen LogP contribution in [-0.4, -0.2) is 52.2 Å². The molecule has 1 spiro atoms. The Labute approximate surface area is 135 Å². The van der Waals surface area contributed by atoms with Gasteiger partial charge in [0.05, 0.1) is 0 Å². The number of fused-ring (bicyclic) bond motifs is 1. The molecule has 0 N–H and O–H groups in total. The van der Waals surface area contributed by atoms with E-state index in [4.69, 9.17) is 9.72 Å². The summed E-state index contributed by atoms with van der Waals surface area (Å²) in [6.45, 7) is 2.52.